The van der Waals surface area contributed by atoms with E-state index >= 15 is 0 Å². The molecule has 0 aliphatic rings. The SMILES string of the molecule is COc1cccc(C(=O)Nc2cccc(N(C)C)c2)n1. The van der Waals surface area contributed by atoms with Crippen LogP contribution in [0.1, 0.15) is 10.5 Å². The molecule has 1 aromatic carbocycles. The number of amides is 1. The molecule has 0 aliphatic heterocycles. The molecular formula is C15H17N3O2. The first kappa shape index (κ1) is 13.9. The third kappa shape index (κ3) is 3.26. The van der Waals surface area contributed by atoms with E-state index in [9.17, 15) is 4.79 Å². The molecule has 5 heteroatoms. The highest BCUT2D eigenvalue weighted by Gasteiger charge is 2.09. The van der Waals surface area contributed by atoms with Crippen LogP contribution in [0.4, 0.5) is 11.4 Å². The van der Waals surface area contributed by atoms with Crippen molar-refractivity contribution in [2.24, 2.45) is 0 Å². The number of rotatable bonds is 4. The van der Waals surface area contributed by atoms with Gasteiger partial charge in [0.1, 0.15) is 5.69 Å². The van der Waals surface area contributed by atoms with E-state index in [0.29, 0.717) is 11.6 Å². The molecule has 0 aliphatic carbocycles. The van der Waals surface area contributed by atoms with Crippen molar-refractivity contribution in [3.63, 3.8) is 0 Å². The van der Waals surface area contributed by atoms with Gasteiger partial charge in [-0.05, 0) is 24.3 Å². The van der Waals surface area contributed by atoms with Crippen molar-refractivity contribution in [2.45, 2.75) is 0 Å². The van der Waals surface area contributed by atoms with E-state index in [2.05, 4.69) is 10.3 Å². The van der Waals surface area contributed by atoms with Crippen LogP contribution >= 0.6 is 0 Å². The molecule has 104 valence electrons. The number of nitrogens with zero attached hydrogens (tertiary/aromatic N) is 2. The van der Waals surface area contributed by atoms with Crippen LogP contribution in [-0.4, -0.2) is 32.1 Å². The number of pyridine rings is 1. The number of ether oxygens (including phenoxy) is 1. The number of hydrogen-bond donors (Lipinski definition) is 1. The van der Waals surface area contributed by atoms with Crippen molar-refractivity contribution in [1.29, 1.82) is 0 Å². The molecule has 0 saturated carbocycles. The van der Waals surface area contributed by atoms with Crippen molar-refractivity contribution in [3.05, 3.63) is 48.2 Å². The molecule has 2 aromatic rings. The number of anilines is 2. The predicted octanol–water partition coefficient (Wildman–Crippen LogP) is 2.41. The third-order valence-electron chi connectivity index (χ3n) is 2.79. The van der Waals surface area contributed by atoms with E-state index in [1.807, 2.05) is 43.3 Å². The predicted molar refractivity (Wildman–Crippen MR) is 79.5 cm³/mol. The lowest BCUT2D eigenvalue weighted by atomic mass is 10.2. The normalized spacial score (nSPS) is 9.95. The van der Waals surface area contributed by atoms with Gasteiger partial charge in [-0.1, -0.05) is 12.1 Å². The van der Waals surface area contributed by atoms with E-state index in [0.717, 1.165) is 11.4 Å². The van der Waals surface area contributed by atoms with Crippen molar-refractivity contribution in [3.8, 4) is 5.88 Å². The zero-order chi connectivity index (χ0) is 14.5. The van der Waals surface area contributed by atoms with Crippen LogP contribution < -0.4 is 15.0 Å². The van der Waals surface area contributed by atoms with Crippen LogP contribution in [0.15, 0.2) is 42.5 Å². The fraction of sp³-hybridized carbons (Fsp3) is 0.200. The summed E-state index contributed by atoms with van der Waals surface area (Å²) in [5.74, 6) is 0.152. The largest absolute Gasteiger partial charge is 0.481 e. The summed E-state index contributed by atoms with van der Waals surface area (Å²) in [4.78, 5) is 18.2. The summed E-state index contributed by atoms with van der Waals surface area (Å²) >= 11 is 0. The van der Waals surface area contributed by atoms with Crippen LogP contribution in [0.3, 0.4) is 0 Å². The summed E-state index contributed by atoms with van der Waals surface area (Å²) < 4.78 is 5.01. The van der Waals surface area contributed by atoms with Gasteiger partial charge in [-0.3, -0.25) is 4.79 Å². The molecule has 0 unspecified atom stereocenters. The molecule has 1 heterocycles. The Balaban J connectivity index is 2.16. The molecule has 0 spiro atoms. The molecule has 0 atom stereocenters. The maximum Gasteiger partial charge on any atom is 0.274 e. The van der Waals surface area contributed by atoms with Crippen LogP contribution in [0.5, 0.6) is 5.88 Å². The molecule has 20 heavy (non-hydrogen) atoms. The van der Waals surface area contributed by atoms with Gasteiger partial charge in [0.15, 0.2) is 0 Å². The van der Waals surface area contributed by atoms with E-state index in [-0.39, 0.29) is 5.91 Å². The number of hydrogen-bond acceptors (Lipinski definition) is 4. The van der Waals surface area contributed by atoms with Crippen molar-refractivity contribution in [2.75, 3.05) is 31.4 Å². The van der Waals surface area contributed by atoms with Crippen LogP contribution in [0.25, 0.3) is 0 Å². The summed E-state index contributed by atoms with van der Waals surface area (Å²) in [5, 5.41) is 2.82. The highest BCUT2D eigenvalue weighted by molar-refractivity contribution is 6.03. The van der Waals surface area contributed by atoms with E-state index < -0.39 is 0 Å². The zero-order valence-electron chi connectivity index (χ0n) is 11.8. The fourth-order valence-electron chi connectivity index (χ4n) is 1.71. The molecule has 1 N–H and O–H groups in total. The lowest BCUT2D eigenvalue weighted by molar-refractivity contribution is 0.102. The second-order valence-electron chi connectivity index (χ2n) is 4.46. The number of nitrogens with one attached hydrogen (secondary N) is 1. The van der Waals surface area contributed by atoms with Gasteiger partial charge in [-0.15, -0.1) is 0 Å². The molecule has 0 bridgehead atoms. The van der Waals surface area contributed by atoms with Crippen LogP contribution in [0, 0.1) is 0 Å². The standard InChI is InChI=1S/C15H17N3O2/c1-18(2)12-7-4-6-11(10-12)16-15(19)13-8-5-9-14(17-13)20-3/h4-10H,1-3H3,(H,16,19). The molecule has 1 aromatic heterocycles. The highest BCUT2D eigenvalue weighted by atomic mass is 16.5. The van der Waals surface area contributed by atoms with Crippen molar-refractivity contribution in [1.82, 2.24) is 4.98 Å². The molecule has 0 saturated heterocycles. The lowest BCUT2D eigenvalue weighted by Crippen LogP contribution is -2.15. The highest BCUT2D eigenvalue weighted by Crippen LogP contribution is 2.18. The Labute approximate surface area is 118 Å². The zero-order valence-corrected chi connectivity index (χ0v) is 11.8. The lowest BCUT2D eigenvalue weighted by Gasteiger charge is -2.14. The molecule has 5 nitrogen and oxygen atoms in total. The molecular weight excluding hydrogens is 254 g/mol. The number of methoxy groups -OCH3 is 1. The first-order valence-corrected chi connectivity index (χ1v) is 6.20. The van der Waals surface area contributed by atoms with Gasteiger partial charge in [0.2, 0.25) is 5.88 Å². The first-order chi connectivity index (χ1) is 9.60. The van der Waals surface area contributed by atoms with Crippen LogP contribution in [0.2, 0.25) is 0 Å². The van der Waals surface area contributed by atoms with Gasteiger partial charge in [-0.25, -0.2) is 4.98 Å². The molecule has 0 radical (unpaired) electrons. The summed E-state index contributed by atoms with van der Waals surface area (Å²) in [6, 6.07) is 12.7. The van der Waals surface area contributed by atoms with Gasteiger partial charge in [0.25, 0.3) is 5.91 Å². The number of aromatic nitrogens is 1. The second kappa shape index (κ2) is 6.06. The van der Waals surface area contributed by atoms with Crippen molar-refractivity contribution < 1.29 is 9.53 Å². The Bertz CT molecular complexity index is 612. The Hall–Kier alpha value is -2.56. The monoisotopic (exact) mass is 271 g/mol. The third-order valence-corrected chi connectivity index (χ3v) is 2.79. The minimum atomic E-state index is -0.264. The summed E-state index contributed by atoms with van der Waals surface area (Å²) in [6.07, 6.45) is 0. The van der Waals surface area contributed by atoms with E-state index in [1.54, 1.807) is 18.2 Å². The smallest absolute Gasteiger partial charge is 0.274 e. The van der Waals surface area contributed by atoms with Gasteiger partial charge in [0, 0.05) is 31.5 Å². The Morgan fingerprint density at radius 1 is 1.20 bits per heavy atom. The minimum absolute atomic E-state index is 0.264. The molecule has 1 amide bonds. The minimum Gasteiger partial charge on any atom is -0.481 e. The van der Waals surface area contributed by atoms with Crippen molar-refractivity contribution >= 4 is 17.3 Å². The average molecular weight is 271 g/mol. The van der Waals surface area contributed by atoms with Gasteiger partial charge in [-0.2, -0.15) is 0 Å². The summed E-state index contributed by atoms with van der Waals surface area (Å²) in [7, 11) is 5.42. The number of carbonyl (C=O) groups is 1. The average Bonchev–Trinajstić information content (AvgIpc) is 2.47. The topological polar surface area (TPSA) is 54.5 Å². The Morgan fingerprint density at radius 3 is 2.65 bits per heavy atom. The number of carbonyl (C=O) groups excluding carboxylic acids is 1. The van der Waals surface area contributed by atoms with Gasteiger partial charge >= 0.3 is 0 Å². The Morgan fingerprint density at radius 2 is 1.95 bits per heavy atom. The second-order valence-corrected chi connectivity index (χ2v) is 4.46. The van der Waals surface area contributed by atoms with E-state index in [4.69, 9.17) is 4.74 Å². The summed E-state index contributed by atoms with van der Waals surface area (Å²) in [5.41, 5.74) is 2.06. The number of benzene rings is 1. The Kier molecular flexibility index (Phi) is 4.20. The maximum absolute atomic E-state index is 12.1. The molecule has 2 rings (SSSR count). The van der Waals surface area contributed by atoms with Crippen LogP contribution in [-0.2, 0) is 0 Å². The van der Waals surface area contributed by atoms with E-state index in [1.165, 1.54) is 7.11 Å². The maximum atomic E-state index is 12.1. The van der Waals surface area contributed by atoms with Gasteiger partial charge < -0.3 is 15.0 Å². The summed E-state index contributed by atoms with van der Waals surface area (Å²) in [6.45, 7) is 0. The molecule has 0 fully saturated rings. The fourth-order valence-corrected chi connectivity index (χ4v) is 1.71. The van der Waals surface area contributed by atoms with Gasteiger partial charge in [0.05, 0.1) is 7.11 Å². The first-order valence-electron chi connectivity index (χ1n) is 6.20. The quantitative estimate of drug-likeness (QED) is 0.927.